The van der Waals surface area contributed by atoms with Crippen molar-refractivity contribution >= 4 is 17.2 Å². The summed E-state index contributed by atoms with van der Waals surface area (Å²) in [5.41, 5.74) is 1.08. The van der Waals surface area contributed by atoms with Crippen LogP contribution in [0, 0.1) is 0 Å². The van der Waals surface area contributed by atoms with E-state index in [1.807, 2.05) is 25.1 Å². The zero-order chi connectivity index (χ0) is 18.7. The van der Waals surface area contributed by atoms with E-state index >= 15 is 0 Å². The van der Waals surface area contributed by atoms with Crippen molar-refractivity contribution in [3.05, 3.63) is 45.9 Å². The van der Waals surface area contributed by atoms with Gasteiger partial charge < -0.3 is 20.1 Å². The number of nitrogens with zero attached hydrogens (tertiary/aromatic N) is 1. The molecule has 1 amide bonds. The molecule has 1 saturated heterocycles. The topological polar surface area (TPSA) is 72.5 Å². The van der Waals surface area contributed by atoms with E-state index in [0.29, 0.717) is 12.3 Å². The summed E-state index contributed by atoms with van der Waals surface area (Å²) in [6.45, 7) is 5.04. The zero-order valence-corrected chi connectivity index (χ0v) is 16.3. The predicted molar refractivity (Wildman–Crippen MR) is 104 cm³/mol. The Morgan fingerprint density at radius 2 is 2.33 bits per heavy atom. The molecule has 27 heavy (non-hydrogen) atoms. The normalized spacial score (nSPS) is 19.3. The molecule has 1 fully saturated rings. The molecule has 2 N–H and O–H groups in total. The number of pyridine rings is 1. The van der Waals surface area contributed by atoms with E-state index < -0.39 is 0 Å². The molecule has 0 aliphatic carbocycles. The molecule has 0 saturated carbocycles. The summed E-state index contributed by atoms with van der Waals surface area (Å²) in [6, 6.07) is 5.74. The predicted octanol–water partition coefficient (Wildman–Crippen LogP) is 2.49. The SMILES string of the molecule is CC(CNC(=O)c1cc2c(s1)C1(CCNCC1)OCC2)Oc1cccnc1. The number of carbonyl (C=O) groups excluding carboxylic acids is 1. The number of hydrogen-bond donors (Lipinski definition) is 2. The Morgan fingerprint density at radius 3 is 3.11 bits per heavy atom. The van der Waals surface area contributed by atoms with Gasteiger partial charge in [0.05, 0.1) is 24.2 Å². The second-order valence-electron chi connectivity index (χ2n) is 7.13. The molecule has 2 aliphatic rings. The third-order valence-electron chi connectivity index (χ3n) is 5.13. The van der Waals surface area contributed by atoms with Crippen molar-refractivity contribution < 1.29 is 14.3 Å². The zero-order valence-electron chi connectivity index (χ0n) is 15.5. The van der Waals surface area contributed by atoms with Crippen LogP contribution in [0.3, 0.4) is 0 Å². The fourth-order valence-electron chi connectivity index (χ4n) is 3.75. The fourth-order valence-corrected chi connectivity index (χ4v) is 5.08. The minimum Gasteiger partial charge on any atom is -0.487 e. The highest BCUT2D eigenvalue weighted by atomic mass is 32.1. The minimum atomic E-state index is -0.196. The molecule has 1 unspecified atom stereocenters. The number of carbonyl (C=O) groups is 1. The number of aromatic nitrogens is 1. The first-order chi connectivity index (χ1) is 13.2. The van der Waals surface area contributed by atoms with Gasteiger partial charge in [-0.15, -0.1) is 11.3 Å². The van der Waals surface area contributed by atoms with Gasteiger partial charge in [-0.1, -0.05) is 0 Å². The minimum absolute atomic E-state index is 0.0416. The maximum absolute atomic E-state index is 12.7. The molecule has 1 spiro atoms. The van der Waals surface area contributed by atoms with Gasteiger partial charge in [-0.2, -0.15) is 0 Å². The van der Waals surface area contributed by atoms with Gasteiger partial charge in [-0.3, -0.25) is 9.78 Å². The molecule has 1 atom stereocenters. The third kappa shape index (κ3) is 4.00. The second-order valence-corrected chi connectivity index (χ2v) is 8.19. The lowest BCUT2D eigenvalue weighted by atomic mass is 9.86. The highest BCUT2D eigenvalue weighted by Gasteiger charge is 2.41. The summed E-state index contributed by atoms with van der Waals surface area (Å²) >= 11 is 1.59. The van der Waals surface area contributed by atoms with Crippen LogP contribution in [0.4, 0.5) is 0 Å². The largest absolute Gasteiger partial charge is 0.487 e. The van der Waals surface area contributed by atoms with Gasteiger partial charge >= 0.3 is 0 Å². The van der Waals surface area contributed by atoms with E-state index in [9.17, 15) is 4.79 Å². The van der Waals surface area contributed by atoms with E-state index in [1.54, 1.807) is 23.7 Å². The Balaban J connectivity index is 1.40. The Bertz CT molecular complexity index is 787. The summed E-state index contributed by atoms with van der Waals surface area (Å²) in [4.78, 5) is 18.7. The number of amides is 1. The standard InChI is InChI=1S/C20H25N3O3S/c1-14(26-16-3-2-7-22-13-16)12-23-19(24)17-11-15-4-10-25-20(18(15)27-17)5-8-21-9-6-20/h2-3,7,11,13-14,21H,4-6,8-10,12H2,1H3,(H,23,24). The van der Waals surface area contributed by atoms with Gasteiger partial charge in [0, 0.05) is 11.1 Å². The summed E-state index contributed by atoms with van der Waals surface area (Å²) in [6.07, 6.45) is 6.07. The molecule has 0 bridgehead atoms. The van der Waals surface area contributed by atoms with Crippen LogP contribution in [-0.2, 0) is 16.8 Å². The van der Waals surface area contributed by atoms with Crippen LogP contribution in [-0.4, -0.2) is 43.2 Å². The van der Waals surface area contributed by atoms with Crippen molar-refractivity contribution in [1.82, 2.24) is 15.6 Å². The van der Waals surface area contributed by atoms with Gasteiger partial charge in [-0.25, -0.2) is 0 Å². The molecule has 4 rings (SSSR count). The van der Waals surface area contributed by atoms with Gasteiger partial charge in [0.25, 0.3) is 5.91 Å². The highest BCUT2D eigenvalue weighted by molar-refractivity contribution is 7.14. The van der Waals surface area contributed by atoms with Crippen LogP contribution < -0.4 is 15.4 Å². The van der Waals surface area contributed by atoms with E-state index in [2.05, 4.69) is 15.6 Å². The van der Waals surface area contributed by atoms with Crippen LogP contribution in [0.1, 0.15) is 39.9 Å². The molecule has 2 aromatic heterocycles. The van der Waals surface area contributed by atoms with Crippen LogP contribution in [0.2, 0.25) is 0 Å². The highest BCUT2D eigenvalue weighted by Crippen LogP contribution is 2.44. The quantitative estimate of drug-likeness (QED) is 0.825. The van der Waals surface area contributed by atoms with Crippen molar-refractivity contribution in [3.8, 4) is 5.75 Å². The lowest BCUT2D eigenvalue weighted by Crippen LogP contribution is -2.43. The molecule has 7 heteroatoms. The maximum atomic E-state index is 12.7. The summed E-state index contributed by atoms with van der Waals surface area (Å²) in [5.74, 6) is 0.663. The molecule has 0 radical (unpaired) electrons. The van der Waals surface area contributed by atoms with Crippen LogP contribution in [0.25, 0.3) is 0 Å². The third-order valence-corrected chi connectivity index (χ3v) is 6.49. The van der Waals surface area contributed by atoms with E-state index in [4.69, 9.17) is 9.47 Å². The average molecular weight is 388 g/mol. The van der Waals surface area contributed by atoms with Crippen LogP contribution in [0.5, 0.6) is 5.75 Å². The van der Waals surface area contributed by atoms with Crippen LogP contribution >= 0.6 is 11.3 Å². The Morgan fingerprint density at radius 1 is 1.48 bits per heavy atom. The molecule has 0 aromatic carbocycles. The number of hydrogen-bond acceptors (Lipinski definition) is 6. The Kier molecular flexibility index (Phi) is 5.43. The molecule has 144 valence electrons. The molecule has 2 aliphatic heterocycles. The number of nitrogens with one attached hydrogen (secondary N) is 2. The lowest BCUT2D eigenvalue weighted by molar-refractivity contribution is -0.0771. The number of fused-ring (bicyclic) bond motifs is 2. The Labute approximate surface area is 163 Å². The first-order valence-corrected chi connectivity index (χ1v) is 10.3. The number of piperidine rings is 1. The van der Waals surface area contributed by atoms with E-state index in [0.717, 1.165) is 43.8 Å². The molecule has 2 aromatic rings. The Hall–Kier alpha value is -1.96. The summed E-state index contributed by atoms with van der Waals surface area (Å²) in [7, 11) is 0. The van der Waals surface area contributed by atoms with Gasteiger partial charge in [-0.05, 0) is 63.0 Å². The molecule has 6 nitrogen and oxygen atoms in total. The first kappa shape index (κ1) is 18.4. The van der Waals surface area contributed by atoms with E-state index in [1.165, 1.54) is 10.4 Å². The van der Waals surface area contributed by atoms with Gasteiger partial charge in [0.15, 0.2) is 0 Å². The van der Waals surface area contributed by atoms with Gasteiger partial charge in [0.1, 0.15) is 17.5 Å². The second kappa shape index (κ2) is 7.96. The number of thiophene rings is 1. The first-order valence-electron chi connectivity index (χ1n) is 9.49. The monoisotopic (exact) mass is 387 g/mol. The summed E-state index contributed by atoms with van der Waals surface area (Å²) < 4.78 is 12.0. The smallest absolute Gasteiger partial charge is 0.261 e. The molecule has 4 heterocycles. The van der Waals surface area contributed by atoms with Crippen LogP contribution in [0.15, 0.2) is 30.6 Å². The molecular weight excluding hydrogens is 362 g/mol. The lowest BCUT2D eigenvalue weighted by Gasteiger charge is -2.40. The van der Waals surface area contributed by atoms with Crippen molar-refractivity contribution in [2.75, 3.05) is 26.2 Å². The number of rotatable bonds is 5. The molecular formula is C20H25N3O3S. The average Bonchev–Trinajstić information content (AvgIpc) is 3.14. The number of ether oxygens (including phenoxy) is 2. The fraction of sp³-hybridized carbons (Fsp3) is 0.500. The van der Waals surface area contributed by atoms with Crippen molar-refractivity contribution in [3.63, 3.8) is 0 Å². The maximum Gasteiger partial charge on any atom is 0.261 e. The van der Waals surface area contributed by atoms with E-state index in [-0.39, 0.29) is 17.6 Å². The van der Waals surface area contributed by atoms with Gasteiger partial charge in [0.2, 0.25) is 0 Å². The van der Waals surface area contributed by atoms with Crippen molar-refractivity contribution in [2.24, 2.45) is 0 Å². The summed E-state index contributed by atoms with van der Waals surface area (Å²) in [5, 5.41) is 6.39. The van der Waals surface area contributed by atoms with Crippen molar-refractivity contribution in [1.29, 1.82) is 0 Å². The van der Waals surface area contributed by atoms with Crippen molar-refractivity contribution in [2.45, 2.75) is 37.9 Å².